The van der Waals surface area contributed by atoms with Gasteiger partial charge in [0.2, 0.25) is 5.91 Å². The number of halogens is 1. The van der Waals surface area contributed by atoms with Crippen molar-refractivity contribution in [3.63, 3.8) is 0 Å². The molecule has 0 spiro atoms. The van der Waals surface area contributed by atoms with Gasteiger partial charge < -0.3 is 9.80 Å². The maximum absolute atomic E-state index is 12.5. The van der Waals surface area contributed by atoms with Gasteiger partial charge in [0.05, 0.1) is 12.4 Å². The van der Waals surface area contributed by atoms with Gasteiger partial charge in [-0.3, -0.25) is 9.69 Å². The van der Waals surface area contributed by atoms with Crippen molar-refractivity contribution in [2.24, 2.45) is 0 Å². The number of amides is 1. The summed E-state index contributed by atoms with van der Waals surface area (Å²) in [6, 6.07) is 10.6. The van der Waals surface area contributed by atoms with Crippen LogP contribution in [0.25, 0.3) is 0 Å². The Morgan fingerprint density at radius 3 is 2.33 bits per heavy atom. The van der Waals surface area contributed by atoms with Gasteiger partial charge in [0.1, 0.15) is 0 Å². The van der Waals surface area contributed by atoms with Crippen LogP contribution in [0.2, 0.25) is 0 Å². The van der Waals surface area contributed by atoms with Gasteiger partial charge in [0.25, 0.3) is 0 Å². The van der Waals surface area contributed by atoms with E-state index in [9.17, 15) is 4.79 Å². The van der Waals surface area contributed by atoms with E-state index >= 15 is 0 Å². The van der Waals surface area contributed by atoms with Gasteiger partial charge in [0.15, 0.2) is 0 Å². The van der Waals surface area contributed by atoms with Gasteiger partial charge in [-0.05, 0) is 19.4 Å². The molecule has 0 bridgehead atoms. The molecule has 0 radical (unpaired) electrons. The van der Waals surface area contributed by atoms with Crippen LogP contribution in [0.15, 0.2) is 40.9 Å². The Labute approximate surface area is 155 Å². The standard InChI is InChI=1S/C18H25N3OS.ClH/c1-15-16(2)23-14-21(15)13-18(22)20-10-8-19(9-11-20)12-17-6-4-3-5-7-17;/h3-7H,8-14H2,1-2H3;1H. The number of thioether (sulfide) groups is 1. The largest absolute Gasteiger partial charge is 0.356 e. The van der Waals surface area contributed by atoms with Crippen molar-refractivity contribution in [3.8, 4) is 0 Å². The minimum absolute atomic E-state index is 0. The summed E-state index contributed by atoms with van der Waals surface area (Å²) < 4.78 is 0. The smallest absolute Gasteiger partial charge is 0.242 e. The van der Waals surface area contributed by atoms with E-state index in [1.54, 1.807) is 0 Å². The van der Waals surface area contributed by atoms with Crippen LogP contribution in [0, 0.1) is 0 Å². The first-order valence-corrected chi connectivity index (χ1v) is 9.21. The molecule has 1 aromatic rings. The maximum Gasteiger partial charge on any atom is 0.242 e. The lowest BCUT2D eigenvalue weighted by atomic mass is 10.2. The Morgan fingerprint density at radius 1 is 1.08 bits per heavy atom. The molecule has 3 rings (SSSR count). The van der Waals surface area contributed by atoms with Crippen molar-refractivity contribution < 1.29 is 4.79 Å². The molecule has 1 amide bonds. The maximum atomic E-state index is 12.5. The summed E-state index contributed by atoms with van der Waals surface area (Å²) in [7, 11) is 0. The van der Waals surface area contributed by atoms with Crippen LogP contribution in [0.5, 0.6) is 0 Å². The quantitative estimate of drug-likeness (QED) is 0.817. The number of hydrogen-bond acceptors (Lipinski definition) is 4. The molecule has 0 unspecified atom stereocenters. The number of rotatable bonds is 4. The van der Waals surface area contributed by atoms with Crippen molar-refractivity contribution in [1.29, 1.82) is 0 Å². The molecule has 2 heterocycles. The number of carbonyl (C=O) groups excluding carboxylic acids is 1. The Bertz CT molecular complexity index is 585. The molecule has 0 N–H and O–H groups in total. The van der Waals surface area contributed by atoms with Crippen LogP contribution in [0.4, 0.5) is 0 Å². The van der Waals surface area contributed by atoms with E-state index in [1.165, 1.54) is 16.2 Å². The molecule has 2 aliphatic heterocycles. The Hall–Kier alpha value is -1.17. The lowest BCUT2D eigenvalue weighted by molar-refractivity contribution is -0.133. The van der Waals surface area contributed by atoms with Crippen LogP contribution >= 0.6 is 24.2 Å². The fraction of sp³-hybridized carbons (Fsp3) is 0.500. The summed E-state index contributed by atoms with van der Waals surface area (Å²) in [5, 5.41) is 0. The van der Waals surface area contributed by atoms with Crippen molar-refractivity contribution >= 4 is 30.1 Å². The molecular formula is C18H26ClN3OS. The number of allylic oxidation sites excluding steroid dienone is 2. The number of hydrogen-bond donors (Lipinski definition) is 0. The third-order valence-corrected chi connectivity index (χ3v) is 5.89. The van der Waals surface area contributed by atoms with Crippen molar-refractivity contribution in [1.82, 2.24) is 14.7 Å². The molecule has 6 heteroatoms. The molecule has 4 nitrogen and oxygen atoms in total. The van der Waals surface area contributed by atoms with Crippen molar-refractivity contribution in [2.45, 2.75) is 20.4 Å². The molecule has 0 aliphatic carbocycles. The lowest BCUT2D eigenvalue weighted by Gasteiger charge is -2.35. The normalized spacial score (nSPS) is 18.8. The molecule has 24 heavy (non-hydrogen) atoms. The summed E-state index contributed by atoms with van der Waals surface area (Å²) in [4.78, 5) is 20.5. The fourth-order valence-electron chi connectivity index (χ4n) is 3.02. The highest BCUT2D eigenvalue weighted by molar-refractivity contribution is 8.03. The van der Waals surface area contributed by atoms with Crippen LogP contribution in [0.1, 0.15) is 19.4 Å². The summed E-state index contributed by atoms with van der Waals surface area (Å²) in [5.41, 5.74) is 2.60. The van der Waals surface area contributed by atoms with Gasteiger partial charge >= 0.3 is 0 Å². The van der Waals surface area contributed by atoms with Gasteiger partial charge in [-0.25, -0.2) is 0 Å². The first-order valence-electron chi connectivity index (χ1n) is 8.23. The van der Waals surface area contributed by atoms with E-state index in [4.69, 9.17) is 0 Å². The van der Waals surface area contributed by atoms with Crippen molar-refractivity contribution in [2.75, 3.05) is 38.6 Å². The molecule has 0 saturated carbocycles. The number of nitrogens with zero attached hydrogens (tertiary/aromatic N) is 3. The molecule has 2 aliphatic rings. The minimum Gasteiger partial charge on any atom is -0.356 e. The average Bonchev–Trinajstić information content (AvgIpc) is 2.88. The molecule has 1 saturated heterocycles. The van der Waals surface area contributed by atoms with E-state index in [1.807, 2.05) is 16.7 Å². The first-order chi connectivity index (χ1) is 11.1. The van der Waals surface area contributed by atoms with Crippen LogP contribution in [-0.2, 0) is 11.3 Å². The van der Waals surface area contributed by atoms with Gasteiger partial charge in [-0.1, -0.05) is 30.3 Å². The van der Waals surface area contributed by atoms with E-state index < -0.39 is 0 Å². The van der Waals surface area contributed by atoms with Crippen LogP contribution in [0.3, 0.4) is 0 Å². The summed E-state index contributed by atoms with van der Waals surface area (Å²) in [5.74, 6) is 1.18. The molecule has 1 fully saturated rings. The van der Waals surface area contributed by atoms with E-state index in [0.29, 0.717) is 6.54 Å². The second-order valence-corrected chi connectivity index (χ2v) is 7.41. The zero-order valence-electron chi connectivity index (χ0n) is 14.4. The average molecular weight is 368 g/mol. The zero-order valence-corrected chi connectivity index (χ0v) is 16.0. The second-order valence-electron chi connectivity index (χ2n) is 6.26. The fourth-order valence-corrected chi connectivity index (χ4v) is 4.00. The number of benzene rings is 1. The second kappa shape index (κ2) is 8.79. The van der Waals surface area contributed by atoms with Crippen LogP contribution in [-0.4, -0.2) is 59.2 Å². The summed E-state index contributed by atoms with van der Waals surface area (Å²) in [6.07, 6.45) is 0. The SMILES string of the molecule is CC1=C(C)N(CC(=O)N2CCN(Cc3ccccc3)CC2)CS1.Cl. The summed E-state index contributed by atoms with van der Waals surface area (Å²) >= 11 is 1.83. The Morgan fingerprint density at radius 2 is 1.75 bits per heavy atom. The lowest BCUT2D eigenvalue weighted by Crippen LogP contribution is -2.50. The zero-order chi connectivity index (χ0) is 16.2. The van der Waals surface area contributed by atoms with E-state index in [0.717, 1.165) is 38.6 Å². The van der Waals surface area contributed by atoms with E-state index in [2.05, 4.69) is 54.0 Å². The summed E-state index contributed by atoms with van der Waals surface area (Å²) in [6.45, 7) is 9.35. The van der Waals surface area contributed by atoms with Gasteiger partial charge in [-0.15, -0.1) is 24.2 Å². The Kier molecular flexibility index (Phi) is 7.02. The van der Waals surface area contributed by atoms with Gasteiger partial charge in [0, 0.05) is 43.3 Å². The number of carbonyl (C=O) groups is 1. The molecular weight excluding hydrogens is 342 g/mol. The number of piperazine rings is 1. The van der Waals surface area contributed by atoms with Crippen LogP contribution < -0.4 is 0 Å². The highest BCUT2D eigenvalue weighted by atomic mass is 35.5. The topological polar surface area (TPSA) is 26.8 Å². The molecule has 1 aromatic carbocycles. The highest BCUT2D eigenvalue weighted by Crippen LogP contribution is 2.30. The molecule has 0 atom stereocenters. The predicted octanol–water partition coefficient (Wildman–Crippen LogP) is 3.01. The third kappa shape index (κ3) is 4.68. The van der Waals surface area contributed by atoms with E-state index in [-0.39, 0.29) is 18.3 Å². The van der Waals surface area contributed by atoms with Crippen molar-refractivity contribution in [3.05, 3.63) is 46.5 Å². The molecule has 132 valence electrons. The highest BCUT2D eigenvalue weighted by Gasteiger charge is 2.25. The third-order valence-electron chi connectivity index (χ3n) is 4.72. The minimum atomic E-state index is 0. The predicted molar refractivity (Wildman–Crippen MR) is 103 cm³/mol. The molecule has 0 aromatic heterocycles. The van der Waals surface area contributed by atoms with Gasteiger partial charge in [-0.2, -0.15) is 0 Å². The monoisotopic (exact) mass is 367 g/mol. The Balaban J connectivity index is 0.00000208. The first kappa shape index (κ1) is 19.2.